The molecule has 0 radical (unpaired) electrons. The molecule has 0 aliphatic carbocycles. The van der Waals surface area contributed by atoms with Crippen LogP contribution >= 0.6 is 11.8 Å². The lowest BCUT2D eigenvalue weighted by Gasteiger charge is -2.13. The zero-order valence-corrected chi connectivity index (χ0v) is 19.1. The van der Waals surface area contributed by atoms with Gasteiger partial charge in [-0.05, 0) is 79.1 Å². The van der Waals surface area contributed by atoms with Gasteiger partial charge in [-0.25, -0.2) is 0 Å². The lowest BCUT2D eigenvalue weighted by Crippen LogP contribution is -2.32. The second kappa shape index (κ2) is 10.8. The molecule has 1 fully saturated rings. The van der Waals surface area contributed by atoms with Crippen LogP contribution in [-0.4, -0.2) is 35.5 Å². The Morgan fingerprint density at radius 3 is 2.12 bits per heavy atom. The predicted octanol–water partition coefficient (Wildman–Crippen LogP) is 5.66. The highest BCUT2D eigenvalue weighted by Gasteiger charge is 2.34. The molecule has 5 nitrogen and oxygen atoms in total. The molecule has 2 aromatic rings. The lowest BCUT2D eigenvalue weighted by atomic mass is 10.1. The van der Waals surface area contributed by atoms with Crippen LogP contribution < -0.4 is 4.74 Å². The van der Waals surface area contributed by atoms with E-state index in [0.717, 1.165) is 40.3 Å². The monoisotopic (exact) mass is 447 g/mol. The molecular weight excluding hydrogens is 422 g/mol. The van der Waals surface area contributed by atoms with Crippen LogP contribution in [0, 0.1) is 6.92 Å². The molecule has 3 rings (SSSR count). The van der Waals surface area contributed by atoms with E-state index in [2.05, 4.69) is 0 Å². The standard InChI is InChI=1S/C26H25NO4S/c1-18-4-10-23(11-5-18)31-13-12-27-25(29)24(32-26(27)30)16-19(2)14-21-6-8-22(9-7-21)15-20(3)17-28/h4-11,14-17H,12-13H2,1-3H3/b19-14+,20-15+,24-16-. The zero-order valence-electron chi connectivity index (χ0n) is 18.3. The summed E-state index contributed by atoms with van der Waals surface area (Å²) in [6, 6.07) is 15.4. The number of hydrogen-bond acceptors (Lipinski definition) is 5. The van der Waals surface area contributed by atoms with E-state index in [1.807, 2.05) is 74.5 Å². The van der Waals surface area contributed by atoms with Crippen molar-refractivity contribution in [3.8, 4) is 5.75 Å². The number of ether oxygens (including phenoxy) is 1. The van der Waals surface area contributed by atoms with E-state index in [1.54, 1.807) is 13.0 Å². The number of allylic oxidation sites excluding steroid dienone is 3. The van der Waals surface area contributed by atoms with Crippen molar-refractivity contribution in [2.24, 2.45) is 0 Å². The molecule has 32 heavy (non-hydrogen) atoms. The van der Waals surface area contributed by atoms with Gasteiger partial charge in [0.25, 0.3) is 11.1 Å². The maximum Gasteiger partial charge on any atom is 0.293 e. The summed E-state index contributed by atoms with van der Waals surface area (Å²) in [5.74, 6) is 0.407. The minimum Gasteiger partial charge on any atom is -0.492 e. The summed E-state index contributed by atoms with van der Waals surface area (Å²) in [4.78, 5) is 37.3. The first-order valence-corrected chi connectivity index (χ1v) is 11.0. The van der Waals surface area contributed by atoms with Crippen LogP contribution in [0.4, 0.5) is 4.79 Å². The van der Waals surface area contributed by atoms with Crippen LogP contribution in [0.25, 0.3) is 12.2 Å². The SMILES string of the molecule is C/C(C=O)=C\c1ccc(/C=C(C)/C=C2\SC(=O)N(CCOc3ccc(C)cc3)C2=O)cc1. The summed E-state index contributed by atoms with van der Waals surface area (Å²) in [5, 5.41) is -0.289. The molecule has 0 unspecified atom stereocenters. The minimum atomic E-state index is -0.301. The number of rotatable bonds is 8. The number of aldehydes is 1. The van der Waals surface area contributed by atoms with Crippen LogP contribution in [0.3, 0.4) is 0 Å². The number of benzene rings is 2. The predicted molar refractivity (Wildman–Crippen MR) is 129 cm³/mol. The Kier molecular flexibility index (Phi) is 7.84. The number of imide groups is 1. The number of carbonyl (C=O) groups excluding carboxylic acids is 3. The number of carbonyl (C=O) groups is 3. The highest BCUT2D eigenvalue weighted by Crippen LogP contribution is 2.31. The van der Waals surface area contributed by atoms with Crippen molar-refractivity contribution < 1.29 is 19.1 Å². The Morgan fingerprint density at radius 2 is 1.53 bits per heavy atom. The van der Waals surface area contributed by atoms with Gasteiger partial charge in [-0.2, -0.15) is 0 Å². The van der Waals surface area contributed by atoms with Gasteiger partial charge in [0, 0.05) is 0 Å². The summed E-state index contributed by atoms with van der Waals surface area (Å²) in [6.45, 7) is 6.09. The van der Waals surface area contributed by atoms with Crippen LogP contribution in [0.2, 0.25) is 0 Å². The maximum absolute atomic E-state index is 12.7. The van der Waals surface area contributed by atoms with Crippen molar-refractivity contribution in [2.45, 2.75) is 20.8 Å². The average molecular weight is 448 g/mol. The highest BCUT2D eigenvalue weighted by molar-refractivity contribution is 8.18. The molecule has 2 aromatic carbocycles. The van der Waals surface area contributed by atoms with Gasteiger partial charge in [0.2, 0.25) is 0 Å². The van der Waals surface area contributed by atoms with Crippen molar-refractivity contribution in [3.05, 3.63) is 87.3 Å². The topological polar surface area (TPSA) is 63.7 Å². The molecule has 1 saturated heterocycles. The van der Waals surface area contributed by atoms with Gasteiger partial charge < -0.3 is 4.74 Å². The number of thioether (sulfide) groups is 1. The van der Waals surface area contributed by atoms with Crippen molar-refractivity contribution in [3.63, 3.8) is 0 Å². The number of aryl methyl sites for hydroxylation is 1. The molecule has 164 valence electrons. The fourth-order valence-corrected chi connectivity index (χ4v) is 3.99. The van der Waals surface area contributed by atoms with Gasteiger partial charge in [0.05, 0.1) is 11.4 Å². The lowest BCUT2D eigenvalue weighted by molar-refractivity contribution is -0.123. The van der Waals surface area contributed by atoms with Crippen LogP contribution in [0.15, 0.2) is 70.7 Å². The van der Waals surface area contributed by atoms with E-state index in [-0.39, 0.29) is 24.3 Å². The molecule has 0 bridgehead atoms. The fraction of sp³-hybridized carbons (Fsp3) is 0.192. The van der Waals surface area contributed by atoms with Crippen LogP contribution in [-0.2, 0) is 9.59 Å². The largest absolute Gasteiger partial charge is 0.492 e. The van der Waals surface area contributed by atoms with Gasteiger partial charge in [0.1, 0.15) is 18.6 Å². The molecule has 6 heteroatoms. The van der Waals surface area contributed by atoms with Gasteiger partial charge in [-0.1, -0.05) is 48.0 Å². The first-order chi connectivity index (χ1) is 15.4. The van der Waals surface area contributed by atoms with E-state index in [9.17, 15) is 14.4 Å². The summed E-state index contributed by atoms with van der Waals surface area (Å²) < 4.78 is 5.65. The Morgan fingerprint density at radius 1 is 0.938 bits per heavy atom. The third-order valence-electron chi connectivity index (χ3n) is 4.75. The van der Waals surface area contributed by atoms with Crippen molar-refractivity contribution >= 4 is 41.3 Å². The first kappa shape index (κ1) is 23.3. The molecule has 1 heterocycles. The molecule has 0 saturated carbocycles. The molecule has 2 amide bonds. The molecule has 0 aromatic heterocycles. The van der Waals surface area contributed by atoms with Gasteiger partial charge in [0.15, 0.2) is 0 Å². The van der Waals surface area contributed by atoms with E-state index in [0.29, 0.717) is 16.2 Å². The molecule has 0 N–H and O–H groups in total. The van der Waals surface area contributed by atoms with E-state index >= 15 is 0 Å². The third-order valence-corrected chi connectivity index (χ3v) is 5.66. The van der Waals surface area contributed by atoms with Gasteiger partial charge >= 0.3 is 0 Å². The smallest absolute Gasteiger partial charge is 0.293 e. The average Bonchev–Trinajstić information content (AvgIpc) is 3.03. The summed E-state index contributed by atoms with van der Waals surface area (Å²) >= 11 is 0.942. The van der Waals surface area contributed by atoms with Crippen molar-refractivity contribution in [2.75, 3.05) is 13.2 Å². The summed E-state index contributed by atoms with van der Waals surface area (Å²) in [6.07, 6.45) is 6.30. The number of nitrogens with zero attached hydrogens (tertiary/aromatic N) is 1. The highest BCUT2D eigenvalue weighted by atomic mass is 32.2. The summed E-state index contributed by atoms with van der Waals surface area (Å²) in [5.41, 5.74) is 4.56. The van der Waals surface area contributed by atoms with E-state index < -0.39 is 0 Å². The third kappa shape index (κ3) is 6.31. The Bertz CT molecular complexity index is 1100. The second-order valence-electron chi connectivity index (χ2n) is 7.56. The Hall–Kier alpha value is -3.38. The Labute approximate surface area is 192 Å². The van der Waals surface area contributed by atoms with Crippen LogP contribution in [0.1, 0.15) is 30.5 Å². The minimum absolute atomic E-state index is 0.202. The van der Waals surface area contributed by atoms with Crippen molar-refractivity contribution in [1.82, 2.24) is 4.90 Å². The Balaban J connectivity index is 1.61. The molecule has 1 aliphatic heterocycles. The second-order valence-corrected chi connectivity index (χ2v) is 8.55. The van der Waals surface area contributed by atoms with Gasteiger partial charge in [-0.15, -0.1) is 0 Å². The molecule has 1 aliphatic rings. The molecular formula is C26H25NO4S. The maximum atomic E-state index is 12.7. The zero-order chi connectivity index (χ0) is 23.1. The van der Waals surface area contributed by atoms with Gasteiger partial charge in [-0.3, -0.25) is 19.3 Å². The normalized spacial score (nSPS) is 16.1. The fourth-order valence-electron chi connectivity index (χ4n) is 3.08. The van der Waals surface area contributed by atoms with E-state index in [4.69, 9.17) is 4.74 Å². The quantitative estimate of drug-likeness (QED) is 0.386. The number of amides is 2. The number of hydrogen-bond donors (Lipinski definition) is 0. The van der Waals surface area contributed by atoms with Crippen LogP contribution in [0.5, 0.6) is 5.75 Å². The van der Waals surface area contributed by atoms with Crippen molar-refractivity contribution in [1.29, 1.82) is 0 Å². The molecule has 0 spiro atoms. The summed E-state index contributed by atoms with van der Waals surface area (Å²) in [7, 11) is 0. The first-order valence-electron chi connectivity index (χ1n) is 10.2. The molecule has 0 atom stereocenters. The van der Waals surface area contributed by atoms with E-state index in [1.165, 1.54) is 4.90 Å².